The zero-order valence-corrected chi connectivity index (χ0v) is 37.7. The molecule has 13 rings (SSSR count). The van der Waals surface area contributed by atoms with E-state index in [2.05, 4.69) is 190 Å². The lowest BCUT2D eigenvalue weighted by molar-refractivity contribution is 0.103. The second kappa shape index (κ2) is 16.1. The number of carbonyl (C=O) groups excluding carboxylic acids is 1. The third-order valence-corrected chi connectivity index (χ3v) is 14.1. The van der Waals surface area contributed by atoms with E-state index in [0.29, 0.717) is 17.8 Å². The fraction of sp³-hybridized carbons (Fsp3) is 0.0984. The Labute approximate surface area is 394 Å². The number of anilines is 4. The van der Waals surface area contributed by atoms with Gasteiger partial charge >= 0.3 is 0 Å². The van der Waals surface area contributed by atoms with Crippen molar-refractivity contribution in [1.82, 2.24) is 19.1 Å². The average molecular weight is 879 g/mol. The summed E-state index contributed by atoms with van der Waals surface area (Å²) in [5.41, 5.74) is 17.6. The van der Waals surface area contributed by atoms with Gasteiger partial charge in [-0.2, -0.15) is 0 Å². The molecule has 7 heteroatoms. The SMILES string of the molecule is Cc1cc(-n2c3ccccc3c3ccc(C(=O)c4cccc(N5CN(c6c(-c7ccccc7)cccc6-c6ccccc6)c6cc7c(cc65)nc5n7CCCC5)c4)cc32)ncc1-c1ccccc1. The second-order valence-electron chi connectivity index (χ2n) is 18.1. The Hall–Kier alpha value is -8.55. The van der Waals surface area contributed by atoms with Crippen LogP contribution in [0.5, 0.6) is 0 Å². The van der Waals surface area contributed by atoms with E-state index in [-0.39, 0.29) is 5.78 Å². The number of fused-ring (bicyclic) bond motifs is 7. The quantitative estimate of drug-likeness (QED) is 0.142. The lowest BCUT2D eigenvalue weighted by Crippen LogP contribution is -2.25. The molecule has 326 valence electrons. The molecule has 11 aromatic rings. The van der Waals surface area contributed by atoms with Crippen molar-refractivity contribution < 1.29 is 4.79 Å². The van der Waals surface area contributed by atoms with E-state index in [1.54, 1.807) is 0 Å². The fourth-order valence-corrected chi connectivity index (χ4v) is 10.8. The minimum Gasteiger partial charge on any atom is -0.328 e. The summed E-state index contributed by atoms with van der Waals surface area (Å²) in [5.74, 6) is 1.93. The molecule has 0 fully saturated rings. The van der Waals surface area contributed by atoms with Gasteiger partial charge in [-0.15, -0.1) is 0 Å². The number of nitrogens with zero attached hydrogens (tertiary/aromatic N) is 6. The monoisotopic (exact) mass is 878 g/mol. The van der Waals surface area contributed by atoms with Crippen LogP contribution in [0.2, 0.25) is 0 Å². The summed E-state index contributed by atoms with van der Waals surface area (Å²) in [7, 11) is 0. The van der Waals surface area contributed by atoms with E-state index in [1.165, 1.54) is 0 Å². The molecule has 0 N–H and O–H groups in total. The maximum Gasteiger partial charge on any atom is 0.193 e. The van der Waals surface area contributed by atoms with Crippen molar-refractivity contribution in [2.75, 3.05) is 16.5 Å². The van der Waals surface area contributed by atoms with Gasteiger partial charge in [-0.05, 0) is 84.5 Å². The molecule has 2 aliphatic rings. The predicted octanol–water partition coefficient (Wildman–Crippen LogP) is 14.7. The second-order valence-corrected chi connectivity index (χ2v) is 18.1. The minimum atomic E-state index is -0.0385. The van der Waals surface area contributed by atoms with Crippen molar-refractivity contribution in [2.45, 2.75) is 32.7 Å². The summed E-state index contributed by atoms with van der Waals surface area (Å²) in [6.07, 6.45) is 5.25. The van der Waals surface area contributed by atoms with E-state index >= 15 is 0 Å². The Bertz CT molecular complexity index is 3700. The molecule has 3 aromatic heterocycles. The van der Waals surface area contributed by atoms with Crippen LogP contribution in [0.25, 0.3) is 72.0 Å². The van der Waals surface area contributed by atoms with Gasteiger partial charge < -0.3 is 14.4 Å². The first-order chi connectivity index (χ1) is 33.6. The van der Waals surface area contributed by atoms with Crippen LogP contribution in [0.1, 0.15) is 40.2 Å². The maximum atomic E-state index is 14.9. The molecule has 0 spiro atoms. The van der Waals surface area contributed by atoms with E-state index in [4.69, 9.17) is 9.97 Å². The van der Waals surface area contributed by atoms with Gasteiger partial charge in [-0.3, -0.25) is 9.36 Å². The average Bonchev–Trinajstić information content (AvgIpc) is 4.07. The topological polar surface area (TPSA) is 59.2 Å². The maximum absolute atomic E-state index is 14.9. The lowest BCUT2D eigenvalue weighted by atomic mass is 9.95. The van der Waals surface area contributed by atoms with Crippen LogP contribution < -0.4 is 9.80 Å². The number of ketones is 1. The number of hydrogen-bond donors (Lipinski definition) is 0. The summed E-state index contributed by atoms with van der Waals surface area (Å²) in [6.45, 7) is 3.65. The van der Waals surface area contributed by atoms with Crippen molar-refractivity contribution in [3.63, 3.8) is 0 Å². The molecule has 0 radical (unpaired) electrons. The summed E-state index contributed by atoms with van der Waals surface area (Å²) in [6, 6.07) is 67.9. The first kappa shape index (κ1) is 39.8. The number of para-hydroxylation sites is 2. The Balaban J connectivity index is 0.931. The zero-order valence-electron chi connectivity index (χ0n) is 37.7. The molecule has 0 aliphatic carbocycles. The van der Waals surface area contributed by atoms with Crippen LogP contribution in [-0.2, 0) is 13.0 Å². The molecular weight excluding hydrogens is 833 g/mol. The molecule has 5 heterocycles. The van der Waals surface area contributed by atoms with Crippen molar-refractivity contribution in [3.8, 4) is 39.2 Å². The molecule has 0 saturated heterocycles. The van der Waals surface area contributed by atoms with Crippen LogP contribution in [0.15, 0.2) is 200 Å². The van der Waals surface area contributed by atoms with Gasteiger partial charge in [-0.25, -0.2) is 9.97 Å². The highest BCUT2D eigenvalue weighted by Gasteiger charge is 2.34. The Kier molecular flexibility index (Phi) is 9.42. The molecule has 68 heavy (non-hydrogen) atoms. The van der Waals surface area contributed by atoms with Gasteiger partial charge in [0, 0.05) is 63.4 Å². The van der Waals surface area contributed by atoms with Crippen molar-refractivity contribution in [3.05, 3.63) is 223 Å². The van der Waals surface area contributed by atoms with Crippen LogP contribution in [0.4, 0.5) is 22.7 Å². The van der Waals surface area contributed by atoms with Crippen LogP contribution in [0.3, 0.4) is 0 Å². The van der Waals surface area contributed by atoms with Gasteiger partial charge in [0.2, 0.25) is 0 Å². The molecule has 2 aliphatic heterocycles. The van der Waals surface area contributed by atoms with Crippen LogP contribution >= 0.6 is 0 Å². The summed E-state index contributed by atoms with van der Waals surface area (Å²) < 4.78 is 4.62. The summed E-state index contributed by atoms with van der Waals surface area (Å²) in [5, 5.41) is 2.19. The third-order valence-electron chi connectivity index (χ3n) is 14.1. The molecule has 0 bridgehead atoms. The largest absolute Gasteiger partial charge is 0.328 e. The van der Waals surface area contributed by atoms with Crippen LogP contribution in [-0.4, -0.2) is 31.6 Å². The standard InChI is InChI=1S/C61H46N6O/c1-40-33-59(62-38-51(40)43-21-9-4-10-22-43)67-53-28-12-11-25-49(53)50-31-30-45(35-54(50)67)61(68)44-23-15-24-46(34-44)65-39-66(57-37-55-52(36-56(57)65)63-58-29-13-14-32-64(55)58)60-47(41-17-5-2-6-18-41)26-16-27-48(60)42-19-7-3-8-20-42/h2-12,15-28,30-31,33-38H,13-14,29,32,39H2,1H3. The molecule has 0 atom stereocenters. The number of rotatable bonds is 8. The molecule has 8 aromatic carbocycles. The Morgan fingerprint density at radius 2 is 1.18 bits per heavy atom. The van der Waals surface area contributed by atoms with Crippen molar-refractivity contribution in [2.24, 2.45) is 0 Å². The first-order valence-corrected chi connectivity index (χ1v) is 23.6. The molecule has 0 saturated carbocycles. The van der Waals surface area contributed by atoms with E-state index < -0.39 is 0 Å². The Morgan fingerprint density at radius 3 is 1.91 bits per heavy atom. The summed E-state index contributed by atoms with van der Waals surface area (Å²) >= 11 is 0. The first-order valence-electron chi connectivity index (χ1n) is 23.6. The summed E-state index contributed by atoms with van der Waals surface area (Å²) in [4.78, 5) is 30.0. The van der Waals surface area contributed by atoms with Crippen LogP contribution in [0, 0.1) is 6.92 Å². The molecule has 7 nitrogen and oxygen atoms in total. The highest BCUT2D eigenvalue weighted by atomic mass is 16.1. The lowest BCUT2D eigenvalue weighted by Gasteiger charge is -2.27. The number of aromatic nitrogens is 4. The highest BCUT2D eigenvalue weighted by molar-refractivity contribution is 6.15. The number of benzene rings is 8. The van der Waals surface area contributed by atoms with Gasteiger partial charge in [0.15, 0.2) is 5.78 Å². The fourth-order valence-electron chi connectivity index (χ4n) is 10.8. The van der Waals surface area contributed by atoms with Gasteiger partial charge in [-0.1, -0.05) is 152 Å². The Morgan fingerprint density at radius 1 is 0.529 bits per heavy atom. The zero-order chi connectivity index (χ0) is 45.3. The van der Waals surface area contributed by atoms with E-state index in [1.807, 2.05) is 36.5 Å². The number of carbonyl (C=O) groups is 1. The minimum absolute atomic E-state index is 0.0385. The van der Waals surface area contributed by atoms with Crippen molar-refractivity contribution in [1.29, 1.82) is 0 Å². The van der Waals surface area contributed by atoms with Gasteiger partial charge in [0.1, 0.15) is 18.3 Å². The smallest absolute Gasteiger partial charge is 0.193 e. The third kappa shape index (κ3) is 6.53. The van der Waals surface area contributed by atoms with Crippen molar-refractivity contribution >= 4 is 61.4 Å². The number of imidazole rings is 1. The van der Waals surface area contributed by atoms with E-state index in [0.717, 1.165) is 132 Å². The number of pyridine rings is 1. The molecular formula is C61H46N6O. The van der Waals surface area contributed by atoms with Gasteiger partial charge in [0.25, 0.3) is 0 Å². The normalized spacial score (nSPS) is 13.4. The van der Waals surface area contributed by atoms with Gasteiger partial charge in [0.05, 0.1) is 39.1 Å². The highest BCUT2D eigenvalue weighted by Crippen LogP contribution is 2.51. The number of aryl methyl sites for hydroxylation is 3. The predicted molar refractivity (Wildman–Crippen MR) is 278 cm³/mol. The number of hydrogen-bond acceptors (Lipinski definition) is 5. The van der Waals surface area contributed by atoms with E-state index in [9.17, 15) is 4.79 Å². The molecule has 0 amide bonds. The molecule has 0 unspecified atom stereocenters.